The van der Waals surface area contributed by atoms with Gasteiger partial charge in [-0.25, -0.2) is 0 Å². The van der Waals surface area contributed by atoms with Gasteiger partial charge in [0.15, 0.2) is 5.78 Å². The minimum Gasteiger partial charge on any atom is -0.384 e. The molecule has 1 rings (SSSR count). The predicted molar refractivity (Wildman–Crippen MR) is 57.6 cm³/mol. The average molecular weight is 244 g/mol. The molecule has 1 aliphatic carbocycles. The molecule has 0 spiro atoms. The molecular formula is C10H14BrNO. The SMILES string of the molecule is C=C(/C(Br)=C(\NC)C(C)=O)C1CC1. The normalized spacial score (nSPS) is 17.8. The van der Waals surface area contributed by atoms with E-state index in [4.69, 9.17) is 0 Å². The molecule has 72 valence electrons. The molecule has 0 saturated heterocycles. The molecule has 0 amide bonds. The lowest BCUT2D eigenvalue weighted by molar-refractivity contribution is -0.113. The van der Waals surface area contributed by atoms with Gasteiger partial charge in [0.05, 0.1) is 5.70 Å². The molecule has 1 N–H and O–H groups in total. The second-order valence-corrected chi connectivity index (χ2v) is 4.09. The van der Waals surface area contributed by atoms with Crippen LogP contribution in [0.1, 0.15) is 19.8 Å². The van der Waals surface area contributed by atoms with Crippen molar-refractivity contribution in [1.29, 1.82) is 0 Å². The molecule has 13 heavy (non-hydrogen) atoms. The van der Waals surface area contributed by atoms with E-state index < -0.39 is 0 Å². The molecule has 0 aromatic carbocycles. The first-order chi connectivity index (χ1) is 6.07. The third kappa shape index (κ3) is 2.44. The predicted octanol–water partition coefficient (Wildman–Crippen LogP) is 2.37. The highest BCUT2D eigenvalue weighted by Crippen LogP contribution is 2.41. The van der Waals surface area contributed by atoms with Crippen LogP contribution in [0.2, 0.25) is 0 Å². The van der Waals surface area contributed by atoms with Crippen molar-refractivity contribution >= 4 is 21.7 Å². The Bertz CT molecular complexity index is 277. The lowest BCUT2D eigenvalue weighted by Gasteiger charge is -2.08. The molecule has 0 heterocycles. The third-order valence-electron chi connectivity index (χ3n) is 2.17. The molecule has 3 heteroatoms. The summed E-state index contributed by atoms with van der Waals surface area (Å²) in [6.07, 6.45) is 2.39. The van der Waals surface area contributed by atoms with Gasteiger partial charge >= 0.3 is 0 Å². The van der Waals surface area contributed by atoms with Gasteiger partial charge in [0.25, 0.3) is 0 Å². The zero-order chi connectivity index (χ0) is 10.0. The van der Waals surface area contributed by atoms with Crippen molar-refractivity contribution < 1.29 is 4.79 Å². The van der Waals surface area contributed by atoms with Crippen molar-refractivity contribution in [2.24, 2.45) is 5.92 Å². The third-order valence-corrected chi connectivity index (χ3v) is 3.08. The van der Waals surface area contributed by atoms with E-state index in [2.05, 4.69) is 27.8 Å². The summed E-state index contributed by atoms with van der Waals surface area (Å²) >= 11 is 3.41. The number of ketones is 1. The number of hydrogen-bond donors (Lipinski definition) is 1. The summed E-state index contributed by atoms with van der Waals surface area (Å²) in [6.45, 7) is 5.52. The fourth-order valence-corrected chi connectivity index (χ4v) is 2.01. The standard InChI is InChI=1S/C10H14BrNO/c1-6(8-4-5-8)9(11)10(12-3)7(2)13/h8,12H,1,4-5H2,2-3H3/b10-9+. The first kappa shape index (κ1) is 10.5. The van der Waals surface area contributed by atoms with E-state index >= 15 is 0 Å². The largest absolute Gasteiger partial charge is 0.384 e. The average Bonchev–Trinajstić information content (AvgIpc) is 2.85. The number of Topliss-reactive ketones (excluding diaryl/α,β-unsaturated/α-hetero) is 1. The van der Waals surface area contributed by atoms with Crippen molar-refractivity contribution in [2.45, 2.75) is 19.8 Å². The van der Waals surface area contributed by atoms with Crippen LogP contribution in [-0.4, -0.2) is 12.8 Å². The van der Waals surface area contributed by atoms with Crippen LogP contribution in [-0.2, 0) is 4.79 Å². The van der Waals surface area contributed by atoms with Gasteiger partial charge in [-0.1, -0.05) is 6.58 Å². The van der Waals surface area contributed by atoms with E-state index in [-0.39, 0.29) is 5.78 Å². The number of likely N-dealkylation sites (N-methyl/N-ethyl adjacent to an activating group) is 1. The fourth-order valence-electron chi connectivity index (χ4n) is 1.21. The van der Waals surface area contributed by atoms with E-state index in [0.717, 1.165) is 10.1 Å². The van der Waals surface area contributed by atoms with Gasteiger partial charge in [-0.3, -0.25) is 4.79 Å². The summed E-state index contributed by atoms with van der Waals surface area (Å²) in [5, 5.41) is 2.89. The zero-order valence-electron chi connectivity index (χ0n) is 7.98. The molecule has 0 aromatic heterocycles. The summed E-state index contributed by atoms with van der Waals surface area (Å²) < 4.78 is 0.838. The first-order valence-corrected chi connectivity index (χ1v) is 5.14. The van der Waals surface area contributed by atoms with Gasteiger partial charge in [-0.15, -0.1) is 0 Å². The molecule has 2 nitrogen and oxygen atoms in total. The van der Waals surface area contributed by atoms with Gasteiger partial charge < -0.3 is 5.32 Å². The smallest absolute Gasteiger partial charge is 0.176 e. The van der Waals surface area contributed by atoms with Crippen LogP contribution in [0.5, 0.6) is 0 Å². The maximum Gasteiger partial charge on any atom is 0.176 e. The van der Waals surface area contributed by atoms with Crippen molar-refractivity contribution in [3.8, 4) is 0 Å². The number of hydrogen-bond acceptors (Lipinski definition) is 2. The second-order valence-electron chi connectivity index (χ2n) is 3.29. The molecule has 1 fully saturated rings. The highest BCUT2D eigenvalue weighted by Gasteiger charge is 2.27. The first-order valence-electron chi connectivity index (χ1n) is 4.35. The lowest BCUT2D eigenvalue weighted by atomic mass is 10.1. The molecule has 0 bridgehead atoms. The Kier molecular flexibility index (Phi) is 3.31. The maximum atomic E-state index is 11.2. The van der Waals surface area contributed by atoms with E-state index in [0.29, 0.717) is 11.6 Å². The number of carbonyl (C=O) groups excluding carboxylic acids is 1. The molecule has 1 saturated carbocycles. The van der Waals surface area contributed by atoms with Gasteiger partial charge in [0.1, 0.15) is 0 Å². The fraction of sp³-hybridized carbons (Fsp3) is 0.500. The zero-order valence-corrected chi connectivity index (χ0v) is 9.57. The van der Waals surface area contributed by atoms with Crippen molar-refractivity contribution in [3.05, 3.63) is 22.3 Å². The van der Waals surface area contributed by atoms with Crippen LogP contribution >= 0.6 is 15.9 Å². The van der Waals surface area contributed by atoms with Gasteiger partial charge in [0, 0.05) is 18.5 Å². The van der Waals surface area contributed by atoms with E-state index in [1.807, 2.05) is 0 Å². The van der Waals surface area contributed by atoms with Crippen molar-refractivity contribution in [1.82, 2.24) is 5.32 Å². The highest BCUT2D eigenvalue weighted by molar-refractivity contribution is 9.12. The van der Waals surface area contributed by atoms with E-state index in [9.17, 15) is 4.79 Å². The Labute approximate surface area is 87.2 Å². The molecule has 0 aromatic rings. The molecular weight excluding hydrogens is 230 g/mol. The number of allylic oxidation sites excluding steroid dienone is 3. The Morgan fingerprint density at radius 2 is 2.08 bits per heavy atom. The quantitative estimate of drug-likeness (QED) is 0.607. The van der Waals surface area contributed by atoms with Gasteiger partial charge in [0.2, 0.25) is 0 Å². The van der Waals surface area contributed by atoms with Gasteiger partial charge in [-0.05, 0) is 40.3 Å². The summed E-state index contributed by atoms with van der Waals surface area (Å²) in [5.74, 6) is 0.619. The van der Waals surface area contributed by atoms with Gasteiger partial charge in [-0.2, -0.15) is 0 Å². The van der Waals surface area contributed by atoms with Crippen molar-refractivity contribution in [3.63, 3.8) is 0 Å². The Hall–Kier alpha value is -0.570. The van der Waals surface area contributed by atoms with Crippen LogP contribution in [0.15, 0.2) is 22.3 Å². The topological polar surface area (TPSA) is 29.1 Å². The monoisotopic (exact) mass is 243 g/mol. The van der Waals surface area contributed by atoms with Crippen LogP contribution in [0.3, 0.4) is 0 Å². The summed E-state index contributed by atoms with van der Waals surface area (Å²) in [7, 11) is 1.75. The Balaban J connectivity index is 2.85. The molecule has 1 aliphatic rings. The number of halogens is 1. The summed E-state index contributed by atoms with van der Waals surface area (Å²) in [4.78, 5) is 11.2. The molecule has 0 aliphatic heterocycles. The number of carbonyl (C=O) groups is 1. The lowest BCUT2D eigenvalue weighted by Crippen LogP contribution is -2.15. The van der Waals surface area contributed by atoms with E-state index in [1.165, 1.54) is 12.8 Å². The van der Waals surface area contributed by atoms with Crippen LogP contribution in [0, 0.1) is 5.92 Å². The van der Waals surface area contributed by atoms with Crippen molar-refractivity contribution in [2.75, 3.05) is 7.05 Å². The van der Waals surface area contributed by atoms with E-state index in [1.54, 1.807) is 14.0 Å². The van der Waals surface area contributed by atoms with Crippen LogP contribution < -0.4 is 5.32 Å². The Morgan fingerprint density at radius 1 is 1.54 bits per heavy atom. The highest BCUT2D eigenvalue weighted by atomic mass is 79.9. The maximum absolute atomic E-state index is 11.2. The second kappa shape index (κ2) is 4.09. The van der Waals surface area contributed by atoms with Crippen LogP contribution in [0.25, 0.3) is 0 Å². The Morgan fingerprint density at radius 3 is 2.38 bits per heavy atom. The number of nitrogens with one attached hydrogen (secondary N) is 1. The summed E-state index contributed by atoms with van der Waals surface area (Å²) in [5.41, 5.74) is 1.66. The van der Waals surface area contributed by atoms with Crippen LogP contribution in [0.4, 0.5) is 0 Å². The minimum absolute atomic E-state index is 0.0381. The summed E-state index contributed by atoms with van der Waals surface area (Å²) in [6, 6.07) is 0. The minimum atomic E-state index is 0.0381. The number of rotatable bonds is 4. The molecule has 0 atom stereocenters. The molecule has 0 radical (unpaired) electrons. The molecule has 0 unspecified atom stereocenters.